The fraction of sp³-hybridized carbons (Fsp3) is 0.385. The quantitative estimate of drug-likeness (QED) is 0.599. The number of nitrogens with zero attached hydrogens (tertiary/aromatic N) is 4. The highest BCUT2D eigenvalue weighted by atomic mass is 32.1. The molecule has 0 unspecified atom stereocenters. The normalized spacial score (nSPS) is 10.4. The van der Waals surface area contributed by atoms with E-state index < -0.39 is 0 Å². The first-order valence-corrected chi connectivity index (χ1v) is 7.25. The van der Waals surface area contributed by atoms with Crippen molar-refractivity contribution in [1.82, 2.24) is 14.3 Å². The van der Waals surface area contributed by atoms with Gasteiger partial charge in [-0.05, 0) is 11.6 Å². The number of amidine groups is 1. The first kappa shape index (κ1) is 14.4. The molecule has 2 heterocycles. The van der Waals surface area contributed by atoms with E-state index in [-0.39, 0.29) is 5.84 Å². The molecule has 0 aliphatic heterocycles. The van der Waals surface area contributed by atoms with Gasteiger partial charge in [0.05, 0.1) is 5.84 Å². The fourth-order valence-corrected chi connectivity index (χ4v) is 2.50. The van der Waals surface area contributed by atoms with Gasteiger partial charge in [-0.1, -0.05) is 13.0 Å². The predicted octanol–water partition coefficient (Wildman–Crippen LogP) is 1.83. The van der Waals surface area contributed by atoms with Crippen molar-refractivity contribution in [3.63, 3.8) is 0 Å². The molecule has 2 aromatic heterocycles. The zero-order valence-corrected chi connectivity index (χ0v) is 12.2. The van der Waals surface area contributed by atoms with Crippen molar-refractivity contribution in [2.75, 3.05) is 11.4 Å². The van der Waals surface area contributed by atoms with Gasteiger partial charge in [0.1, 0.15) is 5.82 Å². The Bertz CT molecular complexity index is 553. The Morgan fingerprint density at radius 2 is 2.35 bits per heavy atom. The molecule has 0 atom stereocenters. The van der Waals surface area contributed by atoms with E-state index in [1.54, 1.807) is 6.20 Å². The predicted molar refractivity (Wildman–Crippen MR) is 81.1 cm³/mol. The molecule has 20 heavy (non-hydrogen) atoms. The Balaban J connectivity index is 2.13. The lowest BCUT2D eigenvalue weighted by Crippen LogP contribution is -2.27. The van der Waals surface area contributed by atoms with E-state index >= 15 is 0 Å². The second-order valence-electron chi connectivity index (χ2n) is 4.40. The second kappa shape index (κ2) is 6.95. The molecule has 0 saturated heterocycles. The second-order valence-corrected chi connectivity index (χ2v) is 5.14. The molecule has 0 fully saturated rings. The number of hydrogen-bond acceptors (Lipinski definition) is 6. The molecule has 0 radical (unpaired) electrons. The van der Waals surface area contributed by atoms with Gasteiger partial charge < -0.3 is 10.6 Å². The Morgan fingerprint density at radius 3 is 2.95 bits per heavy atom. The van der Waals surface area contributed by atoms with Crippen LogP contribution in [0.4, 0.5) is 5.13 Å². The zero-order valence-electron chi connectivity index (χ0n) is 11.4. The van der Waals surface area contributed by atoms with Crippen molar-refractivity contribution < 1.29 is 0 Å². The summed E-state index contributed by atoms with van der Waals surface area (Å²) in [6.07, 6.45) is 4.93. The lowest BCUT2D eigenvalue weighted by atomic mass is 10.2. The maximum atomic E-state index is 7.38. The molecule has 2 aromatic rings. The fourth-order valence-electron chi connectivity index (χ4n) is 1.73. The van der Waals surface area contributed by atoms with Gasteiger partial charge in [-0.25, -0.2) is 4.98 Å². The van der Waals surface area contributed by atoms with Crippen molar-refractivity contribution in [2.24, 2.45) is 5.73 Å². The largest absolute Gasteiger partial charge is 0.388 e. The Morgan fingerprint density at radius 1 is 1.50 bits per heavy atom. The molecule has 106 valence electrons. The van der Waals surface area contributed by atoms with E-state index in [0.29, 0.717) is 19.5 Å². The van der Waals surface area contributed by atoms with Crippen LogP contribution in [0.5, 0.6) is 0 Å². The molecule has 0 aliphatic carbocycles. The molecular weight excluding hydrogens is 272 g/mol. The van der Waals surface area contributed by atoms with Gasteiger partial charge >= 0.3 is 0 Å². The number of aromatic nitrogens is 3. The summed E-state index contributed by atoms with van der Waals surface area (Å²) in [4.78, 5) is 10.7. The average Bonchev–Trinajstić information content (AvgIpc) is 2.93. The van der Waals surface area contributed by atoms with E-state index in [2.05, 4.69) is 19.2 Å². The smallest absolute Gasteiger partial charge is 0.205 e. The van der Waals surface area contributed by atoms with Crippen molar-refractivity contribution >= 4 is 22.5 Å². The van der Waals surface area contributed by atoms with Gasteiger partial charge in [0.2, 0.25) is 5.13 Å². The Hall–Kier alpha value is -2.02. The van der Waals surface area contributed by atoms with Crippen molar-refractivity contribution in [1.29, 1.82) is 5.41 Å². The van der Waals surface area contributed by atoms with Gasteiger partial charge in [0.25, 0.3) is 0 Å². The van der Waals surface area contributed by atoms with Crippen LogP contribution in [0.15, 0.2) is 24.5 Å². The van der Waals surface area contributed by atoms with Gasteiger partial charge in [0, 0.05) is 49.9 Å². The number of pyridine rings is 1. The molecule has 0 saturated carbocycles. The third kappa shape index (κ3) is 3.99. The van der Waals surface area contributed by atoms with Crippen molar-refractivity contribution in [3.8, 4) is 0 Å². The molecule has 2 rings (SSSR count). The van der Waals surface area contributed by atoms with Crippen LogP contribution in [-0.4, -0.2) is 26.7 Å². The van der Waals surface area contributed by atoms with E-state index in [0.717, 1.165) is 22.9 Å². The van der Waals surface area contributed by atoms with Gasteiger partial charge in [-0.2, -0.15) is 4.37 Å². The van der Waals surface area contributed by atoms with Gasteiger partial charge in [-0.3, -0.25) is 10.4 Å². The monoisotopic (exact) mass is 290 g/mol. The Labute approximate surface area is 122 Å². The third-order valence-electron chi connectivity index (χ3n) is 2.79. The Kier molecular flexibility index (Phi) is 5.00. The maximum Gasteiger partial charge on any atom is 0.205 e. The third-order valence-corrected chi connectivity index (χ3v) is 3.61. The molecule has 0 aromatic carbocycles. The van der Waals surface area contributed by atoms with Crippen LogP contribution >= 0.6 is 11.5 Å². The number of anilines is 1. The lowest BCUT2D eigenvalue weighted by molar-refractivity contribution is 0.790. The zero-order chi connectivity index (χ0) is 14.4. The first-order valence-electron chi connectivity index (χ1n) is 6.48. The minimum atomic E-state index is 0.182. The standard InChI is InChI=1S/C13H18N6S/c1-2-12-17-13(20-18-12)19(7-5-11(14)15)9-10-4-3-6-16-8-10/h3-4,6,8H,2,5,7,9H2,1H3,(H3,14,15). The summed E-state index contributed by atoms with van der Waals surface area (Å²) in [5, 5.41) is 8.24. The number of rotatable bonds is 7. The topological polar surface area (TPSA) is 91.8 Å². The van der Waals surface area contributed by atoms with E-state index in [9.17, 15) is 0 Å². The van der Waals surface area contributed by atoms with Crippen LogP contribution in [0.3, 0.4) is 0 Å². The van der Waals surface area contributed by atoms with Crippen LogP contribution in [-0.2, 0) is 13.0 Å². The number of aryl methyl sites for hydroxylation is 1. The molecule has 7 heteroatoms. The SMILES string of the molecule is CCc1nsc(N(CCC(=N)N)Cc2cccnc2)n1. The minimum Gasteiger partial charge on any atom is -0.388 e. The van der Waals surface area contributed by atoms with Crippen LogP contribution < -0.4 is 10.6 Å². The molecule has 0 amide bonds. The summed E-state index contributed by atoms with van der Waals surface area (Å²) in [5.41, 5.74) is 6.56. The van der Waals surface area contributed by atoms with Gasteiger partial charge in [0.15, 0.2) is 0 Å². The van der Waals surface area contributed by atoms with Crippen molar-refractivity contribution in [3.05, 3.63) is 35.9 Å². The highest BCUT2D eigenvalue weighted by Crippen LogP contribution is 2.20. The summed E-state index contributed by atoms with van der Waals surface area (Å²) in [6, 6.07) is 3.94. The lowest BCUT2D eigenvalue weighted by Gasteiger charge is -2.21. The van der Waals surface area contributed by atoms with E-state index in [4.69, 9.17) is 11.1 Å². The average molecular weight is 290 g/mol. The number of nitrogens with two attached hydrogens (primary N) is 1. The molecule has 6 nitrogen and oxygen atoms in total. The number of hydrogen-bond donors (Lipinski definition) is 2. The van der Waals surface area contributed by atoms with Crippen LogP contribution in [0.1, 0.15) is 24.7 Å². The molecule has 0 aliphatic rings. The van der Waals surface area contributed by atoms with Crippen LogP contribution in [0, 0.1) is 5.41 Å². The molecular formula is C13H18N6S. The highest BCUT2D eigenvalue weighted by molar-refractivity contribution is 7.09. The minimum absolute atomic E-state index is 0.182. The molecule has 3 N–H and O–H groups in total. The highest BCUT2D eigenvalue weighted by Gasteiger charge is 2.13. The molecule has 0 spiro atoms. The first-order chi connectivity index (χ1) is 9.69. The van der Waals surface area contributed by atoms with Crippen LogP contribution in [0.25, 0.3) is 0 Å². The molecule has 0 bridgehead atoms. The summed E-state index contributed by atoms with van der Waals surface area (Å²) in [6.45, 7) is 3.38. The van der Waals surface area contributed by atoms with Crippen LogP contribution in [0.2, 0.25) is 0 Å². The summed E-state index contributed by atoms with van der Waals surface area (Å²) >= 11 is 1.39. The maximum absolute atomic E-state index is 7.38. The van der Waals surface area contributed by atoms with E-state index in [1.165, 1.54) is 11.5 Å². The summed E-state index contributed by atoms with van der Waals surface area (Å²) < 4.78 is 4.31. The van der Waals surface area contributed by atoms with E-state index in [1.807, 2.05) is 25.3 Å². The summed E-state index contributed by atoms with van der Waals surface area (Å²) in [5.74, 6) is 1.03. The summed E-state index contributed by atoms with van der Waals surface area (Å²) in [7, 11) is 0. The van der Waals surface area contributed by atoms with Crippen molar-refractivity contribution in [2.45, 2.75) is 26.3 Å². The number of nitrogens with one attached hydrogen (secondary N) is 1. The van der Waals surface area contributed by atoms with Gasteiger partial charge in [-0.15, -0.1) is 0 Å².